The molecule has 75 valence electrons. The summed E-state index contributed by atoms with van der Waals surface area (Å²) in [7, 11) is 3.33. The lowest BCUT2D eigenvalue weighted by Gasteiger charge is -2.05. The Bertz CT molecular complexity index is 406. The van der Waals surface area contributed by atoms with E-state index < -0.39 is 0 Å². The van der Waals surface area contributed by atoms with E-state index in [-0.39, 0.29) is 0 Å². The Balaban J connectivity index is 2.11. The van der Waals surface area contributed by atoms with Gasteiger partial charge in [-0.3, -0.25) is 0 Å². The highest BCUT2D eigenvalue weighted by Crippen LogP contribution is 2.23. The molecule has 0 aliphatic carbocycles. The molecule has 0 unspecified atom stereocenters. The first-order valence-corrected chi connectivity index (χ1v) is 4.63. The second-order valence-electron chi connectivity index (χ2n) is 3.03. The standard InChI is InChI=1S/C13H11O2/c1-14-11-7-9-13(10-8-11)15-12-5-3-2-4-6-12/h2-10H,1H2. The van der Waals surface area contributed by atoms with Gasteiger partial charge in [0.2, 0.25) is 0 Å². The third-order valence-electron chi connectivity index (χ3n) is 1.97. The predicted octanol–water partition coefficient (Wildman–Crippen LogP) is 3.65. The molecule has 2 aromatic carbocycles. The first kappa shape index (κ1) is 9.59. The van der Waals surface area contributed by atoms with Crippen LogP contribution in [0.25, 0.3) is 0 Å². The molecule has 0 N–H and O–H groups in total. The monoisotopic (exact) mass is 199 g/mol. The first-order chi connectivity index (χ1) is 7.38. The van der Waals surface area contributed by atoms with Gasteiger partial charge in [-0.2, -0.15) is 0 Å². The fourth-order valence-electron chi connectivity index (χ4n) is 1.23. The number of hydrogen-bond donors (Lipinski definition) is 0. The molecule has 0 fully saturated rings. The summed E-state index contributed by atoms with van der Waals surface area (Å²) >= 11 is 0. The highest BCUT2D eigenvalue weighted by Gasteiger charge is 1.96. The molecule has 0 saturated heterocycles. The maximum absolute atomic E-state index is 5.60. The Morgan fingerprint density at radius 2 is 1.20 bits per heavy atom. The molecule has 0 heterocycles. The largest absolute Gasteiger partial charge is 0.490 e. The lowest BCUT2D eigenvalue weighted by atomic mass is 10.3. The molecule has 0 saturated carbocycles. The van der Waals surface area contributed by atoms with Crippen LogP contribution in [0.2, 0.25) is 0 Å². The van der Waals surface area contributed by atoms with Gasteiger partial charge in [0, 0.05) is 0 Å². The molecule has 2 nitrogen and oxygen atoms in total. The van der Waals surface area contributed by atoms with Crippen LogP contribution in [0.3, 0.4) is 0 Å². The third kappa shape index (κ3) is 2.50. The van der Waals surface area contributed by atoms with E-state index in [1.165, 1.54) is 0 Å². The topological polar surface area (TPSA) is 18.5 Å². The molecule has 0 bridgehead atoms. The van der Waals surface area contributed by atoms with Gasteiger partial charge in [0.25, 0.3) is 0 Å². The summed E-state index contributed by atoms with van der Waals surface area (Å²) in [5.74, 6) is 2.32. The van der Waals surface area contributed by atoms with Crippen LogP contribution in [-0.2, 0) is 0 Å². The summed E-state index contributed by atoms with van der Waals surface area (Å²) < 4.78 is 10.4. The van der Waals surface area contributed by atoms with Crippen LogP contribution in [0.4, 0.5) is 0 Å². The van der Waals surface area contributed by atoms with Crippen molar-refractivity contribution in [2.75, 3.05) is 0 Å². The lowest BCUT2D eigenvalue weighted by Crippen LogP contribution is -1.84. The van der Waals surface area contributed by atoms with Crippen molar-refractivity contribution in [1.82, 2.24) is 0 Å². The molecule has 0 amide bonds. The fraction of sp³-hybridized carbons (Fsp3) is 0. The zero-order valence-electron chi connectivity index (χ0n) is 8.22. The molecule has 1 radical (unpaired) electrons. The van der Waals surface area contributed by atoms with Crippen LogP contribution in [0.1, 0.15) is 0 Å². The molecule has 0 aliphatic rings. The normalized spacial score (nSPS) is 9.67. The van der Waals surface area contributed by atoms with Crippen molar-refractivity contribution >= 4 is 0 Å². The van der Waals surface area contributed by atoms with E-state index in [0.717, 1.165) is 17.2 Å². The van der Waals surface area contributed by atoms with Gasteiger partial charge in [0.15, 0.2) is 0 Å². The molecule has 2 heteroatoms. The molecule has 0 aromatic heterocycles. The zero-order valence-corrected chi connectivity index (χ0v) is 8.22. The average molecular weight is 199 g/mol. The Morgan fingerprint density at radius 3 is 1.80 bits per heavy atom. The van der Waals surface area contributed by atoms with E-state index in [0.29, 0.717) is 0 Å². The number of hydrogen-bond acceptors (Lipinski definition) is 2. The van der Waals surface area contributed by atoms with Gasteiger partial charge < -0.3 is 9.47 Å². The van der Waals surface area contributed by atoms with Crippen molar-refractivity contribution in [1.29, 1.82) is 0 Å². The summed E-state index contributed by atoms with van der Waals surface area (Å²) in [6, 6.07) is 16.9. The highest BCUT2D eigenvalue weighted by atomic mass is 16.5. The maximum atomic E-state index is 5.60. The highest BCUT2D eigenvalue weighted by molar-refractivity contribution is 5.35. The molecular formula is C13H11O2. The smallest absolute Gasteiger partial charge is 0.127 e. The Hall–Kier alpha value is -1.96. The van der Waals surface area contributed by atoms with Gasteiger partial charge in [-0.25, -0.2) is 0 Å². The SMILES string of the molecule is [CH2]Oc1ccc(Oc2ccccc2)cc1. The minimum Gasteiger partial charge on any atom is -0.490 e. The van der Waals surface area contributed by atoms with Crippen LogP contribution in [0.15, 0.2) is 54.6 Å². The Morgan fingerprint density at radius 1 is 0.667 bits per heavy atom. The van der Waals surface area contributed by atoms with Crippen molar-refractivity contribution in [2.45, 2.75) is 0 Å². The van der Waals surface area contributed by atoms with Gasteiger partial charge >= 0.3 is 0 Å². The zero-order chi connectivity index (χ0) is 10.5. The van der Waals surface area contributed by atoms with E-state index in [1.54, 1.807) is 0 Å². The van der Waals surface area contributed by atoms with Crippen molar-refractivity contribution in [3.05, 3.63) is 61.7 Å². The summed E-state index contributed by atoms with van der Waals surface area (Å²) in [6.07, 6.45) is 0. The molecular weight excluding hydrogens is 188 g/mol. The molecule has 15 heavy (non-hydrogen) atoms. The number of rotatable bonds is 3. The van der Waals surface area contributed by atoms with Crippen molar-refractivity contribution < 1.29 is 9.47 Å². The Labute approximate surface area is 89.1 Å². The summed E-state index contributed by atoms with van der Waals surface area (Å²) in [4.78, 5) is 0. The van der Waals surface area contributed by atoms with Gasteiger partial charge in [-0.05, 0) is 36.4 Å². The van der Waals surface area contributed by atoms with Crippen molar-refractivity contribution in [3.8, 4) is 17.2 Å². The molecule has 0 atom stereocenters. The second kappa shape index (κ2) is 4.51. The van der Waals surface area contributed by atoms with Crippen LogP contribution in [0, 0.1) is 7.11 Å². The molecule has 0 spiro atoms. The molecule has 2 aromatic rings. The second-order valence-corrected chi connectivity index (χ2v) is 3.03. The predicted molar refractivity (Wildman–Crippen MR) is 58.9 cm³/mol. The Kier molecular flexibility index (Phi) is 2.88. The van der Waals surface area contributed by atoms with Crippen molar-refractivity contribution in [3.63, 3.8) is 0 Å². The fourth-order valence-corrected chi connectivity index (χ4v) is 1.23. The van der Waals surface area contributed by atoms with E-state index in [4.69, 9.17) is 9.47 Å². The number of ether oxygens (including phenoxy) is 2. The molecule has 0 aliphatic heterocycles. The van der Waals surface area contributed by atoms with E-state index >= 15 is 0 Å². The van der Waals surface area contributed by atoms with E-state index in [2.05, 4.69) is 7.11 Å². The van der Waals surface area contributed by atoms with E-state index in [9.17, 15) is 0 Å². The number of para-hydroxylation sites is 1. The van der Waals surface area contributed by atoms with Gasteiger partial charge in [0.05, 0.1) is 0 Å². The first-order valence-electron chi connectivity index (χ1n) is 4.63. The lowest BCUT2D eigenvalue weighted by molar-refractivity contribution is 0.464. The summed E-state index contributed by atoms with van der Waals surface area (Å²) in [5, 5.41) is 0. The quantitative estimate of drug-likeness (QED) is 0.751. The minimum atomic E-state index is 0.718. The number of benzene rings is 2. The minimum absolute atomic E-state index is 0.718. The van der Waals surface area contributed by atoms with Gasteiger partial charge in [-0.15, -0.1) is 0 Å². The molecule has 2 rings (SSSR count). The van der Waals surface area contributed by atoms with Crippen molar-refractivity contribution in [2.24, 2.45) is 0 Å². The van der Waals surface area contributed by atoms with Crippen LogP contribution >= 0.6 is 0 Å². The van der Waals surface area contributed by atoms with Gasteiger partial charge in [-0.1, -0.05) is 18.2 Å². The summed E-state index contributed by atoms with van der Waals surface area (Å²) in [6.45, 7) is 0. The third-order valence-corrected chi connectivity index (χ3v) is 1.97. The van der Waals surface area contributed by atoms with Crippen LogP contribution < -0.4 is 9.47 Å². The van der Waals surface area contributed by atoms with E-state index in [1.807, 2.05) is 54.6 Å². The summed E-state index contributed by atoms with van der Waals surface area (Å²) in [5.41, 5.74) is 0. The van der Waals surface area contributed by atoms with Crippen LogP contribution in [0.5, 0.6) is 17.2 Å². The average Bonchev–Trinajstić information content (AvgIpc) is 2.31. The van der Waals surface area contributed by atoms with Gasteiger partial charge in [0.1, 0.15) is 24.4 Å². The maximum Gasteiger partial charge on any atom is 0.127 e. The van der Waals surface area contributed by atoms with Crippen LogP contribution in [-0.4, -0.2) is 0 Å².